The van der Waals surface area contributed by atoms with Gasteiger partial charge >= 0.3 is 0 Å². The molecule has 2 aliphatic rings. The van der Waals surface area contributed by atoms with Crippen LogP contribution < -0.4 is 10.6 Å². The Kier molecular flexibility index (Phi) is 4.74. The number of hydrogen-bond acceptors (Lipinski definition) is 3. The molecule has 7 heteroatoms. The predicted octanol–water partition coefficient (Wildman–Crippen LogP) is 2.20. The number of hydrogen-bond donors (Lipinski definition) is 2. The first-order chi connectivity index (χ1) is 10.8. The summed E-state index contributed by atoms with van der Waals surface area (Å²) in [7, 11) is 1.81. The second-order valence-electron chi connectivity index (χ2n) is 6.46. The van der Waals surface area contributed by atoms with Gasteiger partial charge in [-0.1, -0.05) is 6.07 Å². The number of rotatable bonds is 5. The number of guanidine groups is 1. The summed E-state index contributed by atoms with van der Waals surface area (Å²) in [6.07, 6.45) is 7.56. The first-order valence-electron chi connectivity index (χ1n) is 8.04. The van der Waals surface area contributed by atoms with Gasteiger partial charge in [-0.15, -0.1) is 34.2 Å². The number of halogens is 1. The van der Waals surface area contributed by atoms with E-state index < -0.39 is 0 Å². The molecule has 6 nitrogen and oxygen atoms in total. The molecule has 23 heavy (non-hydrogen) atoms. The van der Waals surface area contributed by atoms with E-state index in [0.29, 0.717) is 12.0 Å². The van der Waals surface area contributed by atoms with Gasteiger partial charge in [0.1, 0.15) is 0 Å². The van der Waals surface area contributed by atoms with E-state index in [9.17, 15) is 0 Å². The molecule has 0 bridgehead atoms. The fraction of sp³-hybridized carbons (Fsp3) is 0.562. The Labute approximate surface area is 153 Å². The monoisotopic (exact) mass is 426 g/mol. The van der Waals surface area contributed by atoms with Crippen molar-refractivity contribution < 1.29 is 0 Å². The second kappa shape index (κ2) is 6.62. The molecule has 2 fully saturated rings. The highest BCUT2D eigenvalue weighted by Gasteiger charge is 2.53. The lowest BCUT2D eigenvalue weighted by Crippen LogP contribution is -2.40. The molecule has 0 amide bonds. The molecule has 2 saturated carbocycles. The highest BCUT2D eigenvalue weighted by molar-refractivity contribution is 14.0. The second-order valence-corrected chi connectivity index (χ2v) is 6.46. The van der Waals surface area contributed by atoms with E-state index >= 15 is 0 Å². The fourth-order valence-electron chi connectivity index (χ4n) is 3.24. The maximum Gasteiger partial charge on any atom is 0.191 e. The maximum absolute atomic E-state index is 4.32. The van der Waals surface area contributed by atoms with Crippen LogP contribution in [0.1, 0.15) is 31.5 Å². The Morgan fingerprint density at radius 3 is 2.83 bits per heavy atom. The van der Waals surface area contributed by atoms with Crippen molar-refractivity contribution in [3.8, 4) is 0 Å². The minimum Gasteiger partial charge on any atom is -0.356 e. The Morgan fingerprint density at radius 2 is 2.13 bits per heavy atom. The van der Waals surface area contributed by atoms with E-state index in [-0.39, 0.29) is 24.0 Å². The number of fused-ring (bicyclic) bond motifs is 1. The van der Waals surface area contributed by atoms with Gasteiger partial charge in [0.05, 0.1) is 6.54 Å². The minimum absolute atomic E-state index is 0. The number of aromatic nitrogens is 3. The van der Waals surface area contributed by atoms with Gasteiger partial charge in [-0.2, -0.15) is 0 Å². The molecule has 2 N–H and O–H groups in total. The molecule has 4 rings (SSSR count). The highest BCUT2D eigenvalue weighted by Crippen LogP contribution is 2.60. The molecular formula is C16H23IN6. The molecule has 0 aliphatic heterocycles. The molecule has 0 atom stereocenters. The van der Waals surface area contributed by atoms with Gasteiger partial charge in [0.15, 0.2) is 17.4 Å². The first-order valence-corrected chi connectivity index (χ1v) is 8.04. The zero-order valence-electron chi connectivity index (χ0n) is 13.3. The third-order valence-electron chi connectivity index (χ3n) is 4.97. The summed E-state index contributed by atoms with van der Waals surface area (Å²) in [6, 6.07) is 5.91. The van der Waals surface area contributed by atoms with Crippen molar-refractivity contribution in [2.75, 3.05) is 13.6 Å². The van der Waals surface area contributed by atoms with Crippen molar-refractivity contribution in [3.05, 3.63) is 30.2 Å². The summed E-state index contributed by atoms with van der Waals surface area (Å²) in [6.45, 7) is 1.65. The lowest BCUT2D eigenvalue weighted by molar-refractivity contribution is 0.431. The van der Waals surface area contributed by atoms with Crippen LogP contribution in [0, 0.1) is 11.3 Å². The molecule has 2 heterocycles. The van der Waals surface area contributed by atoms with E-state index in [1.54, 1.807) is 0 Å². The summed E-state index contributed by atoms with van der Waals surface area (Å²) in [5.74, 6) is 2.69. The summed E-state index contributed by atoms with van der Waals surface area (Å²) in [5.41, 5.74) is 1.44. The lowest BCUT2D eigenvalue weighted by Gasteiger charge is -2.17. The standard InChI is InChI=1S/C16H22N6.HI/c1-17-15(19-11-16(7-8-16)12-5-6-12)18-10-14-21-20-13-4-2-3-9-22(13)14;/h2-4,9,12H,5-8,10-11H2,1H3,(H2,17,18,19);1H. The lowest BCUT2D eigenvalue weighted by atomic mass is 10.0. The highest BCUT2D eigenvalue weighted by atomic mass is 127. The molecule has 2 aromatic heterocycles. The van der Waals surface area contributed by atoms with Crippen LogP contribution in [-0.2, 0) is 6.54 Å². The van der Waals surface area contributed by atoms with Crippen LogP contribution in [0.2, 0.25) is 0 Å². The maximum atomic E-state index is 4.32. The van der Waals surface area contributed by atoms with E-state index in [2.05, 4.69) is 25.8 Å². The average Bonchev–Trinajstić information content (AvgIpc) is 3.45. The van der Waals surface area contributed by atoms with Crippen LogP contribution in [0.5, 0.6) is 0 Å². The van der Waals surface area contributed by atoms with Crippen molar-refractivity contribution in [2.24, 2.45) is 16.3 Å². The van der Waals surface area contributed by atoms with E-state index in [1.807, 2.05) is 35.8 Å². The molecule has 2 aromatic rings. The van der Waals surface area contributed by atoms with Crippen LogP contribution in [0.25, 0.3) is 5.65 Å². The molecule has 0 spiro atoms. The van der Waals surface area contributed by atoms with Crippen LogP contribution >= 0.6 is 24.0 Å². The molecule has 0 saturated heterocycles. The molecule has 0 unspecified atom stereocenters. The normalized spacial score (nSPS) is 19.3. The third-order valence-corrected chi connectivity index (χ3v) is 4.97. The Hall–Kier alpha value is -1.38. The molecule has 0 radical (unpaired) electrons. The van der Waals surface area contributed by atoms with E-state index in [4.69, 9.17) is 0 Å². The van der Waals surface area contributed by atoms with Gasteiger partial charge in [0.25, 0.3) is 0 Å². The Bertz CT molecular complexity index is 701. The van der Waals surface area contributed by atoms with Crippen molar-refractivity contribution in [2.45, 2.75) is 32.2 Å². The van der Waals surface area contributed by atoms with Gasteiger partial charge in [0, 0.05) is 19.8 Å². The van der Waals surface area contributed by atoms with Gasteiger partial charge in [0.2, 0.25) is 0 Å². The summed E-state index contributed by atoms with van der Waals surface area (Å²) >= 11 is 0. The first kappa shape index (κ1) is 16.5. The summed E-state index contributed by atoms with van der Waals surface area (Å²) < 4.78 is 1.99. The Morgan fingerprint density at radius 1 is 1.30 bits per heavy atom. The molecule has 2 aliphatic carbocycles. The van der Waals surface area contributed by atoms with Crippen molar-refractivity contribution >= 4 is 35.6 Å². The van der Waals surface area contributed by atoms with Gasteiger partial charge < -0.3 is 10.6 Å². The van der Waals surface area contributed by atoms with E-state index in [0.717, 1.165) is 29.9 Å². The number of nitrogens with zero attached hydrogens (tertiary/aromatic N) is 4. The largest absolute Gasteiger partial charge is 0.356 e. The zero-order valence-corrected chi connectivity index (χ0v) is 15.7. The van der Waals surface area contributed by atoms with Gasteiger partial charge in [-0.3, -0.25) is 9.39 Å². The summed E-state index contributed by atoms with van der Waals surface area (Å²) in [4.78, 5) is 4.32. The minimum atomic E-state index is 0. The van der Waals surface area contributed by atoms with Crippen LogP contribution in [0.15, 0.2) is 29.4 Å². The van der Waals surface area contributed by atoms with E-state index in [1.165, 1.54) is 25.7 Å². The summed E-state index contributed by atoms with van der Waals surface area (Å²) in [5, 5.41) is 15.2. The average molecular weight is 426 g/mol. The smallest absolute Gasteiger partial charge is 0.191 e. The van der Waals surface area contributed by atoms with Crippen LogP contribution in [0.4, 0.5) is 0 Å². The van der Waals surface area contributed by atoms with Crippen molar-refractivity contribution in [3.63, 3.8) is 0 Å². The predicted molar refractivity (Wildman–Crippen MR) is 101 cm³/mol. The van der Waals surface area contributed by atoms with Crippen LogP contribution in [0.3, 0.4) is 0 Å². The number of nitrogens with one attached hydrogen (secondary N) is 2. The Balaban J connectivity index is 0.00000156. The topological polar surface area (TPSA) is 66.6 Å². The molecule has 124 valence electrons. The molecule has 0 aromatic carbocycles. The molecular weight excluding hydrogens is 403 g/mol. The van der Waals surface area contributed by atoms with Crippen LogP contribution in [-0.4, -0.2) is 34.2 Å². The number of pyridine rings is 1. The quantitative estimate of drug-likeness (QED) is 0.437. The fourth-order valence-corrected chi connectivity index (χ4v) is 3.24. The van der Waals surface area contributed by atoms with Gasteiger partial charge in [-0.05, 0) is 49.1 Å². The van der Waals surface area contributed by atoms with Crippen molar-refractivity contribution in [1.82, 2.24) is 25.2 Å². The number of aliphatic imine (C=N–C) groups is 1. The van der Waals surface area contributed by atoms with Crippen molar-refractivity contribution in [1.29, 1.82) is 0 Å². The SMILES string of the molecule is CN=C(NCc1nnc2ccccn12)NCC1(C2CC2)CC1.I. The zero-order chi connectivity index (χ0) is 15.0. The third kappa shape index (κ3) is 3.44. The van der Waals surface area contributed by atoms with Gasteiger partial charge in [-0.25, -0.2) is 0 Å².